The lowest BCUT2D eigenvalue weighted by Crippen LogP contribution is -2.19. The van der Waals surface area contributed by atoms with Gasteiger partial charge in [-0.15, -0.1) is 0 Å². The minimum absolute atomic E-state index is 0.129. The Labute approximate surface area is 161 Å². The lowest BCUT2D eigenvalue weighted by molar-refractivity contribution is 0.606. The van der Waals surface area contributed by atoms with Crippen LogP contribution in [0.4, 0.5) is 10.1 Å². The molecule has 0 radical (unpaired) electrons. The van der Waals surface area contributed by atoms with Crippen LogP contribution in [-0.2, 0) is 0 Å². The second-order valence-corrected chi connectivity index (χ2v) is 6.94. The molecule has 0 fully saturated rings. The standard InChI is InChI=1S/C21H15Cl2FN2/c22-15-11-9-14(10-12-15)21-13-19(16-5-1-2-6-17(16)23)25-26(21)20-8-4-3-7-18(20)24/h1-12,21H,13H2/t21-/m0/s1. The fraction of sp³-hybridized carbons (Fsp3) is 0.0952. The molecule has 26 heavy (non-hydrogen) atoms. The highest BCUT2D eigenvalue weighted by molar-refractivity contribution is 6.34. The van der Waals surface area contributed by atoms with Gasteiger partial charge in [-0.05, 0) is 35.9 Å². The largest absolute Gasteiger partial charge is 0.254 e. The van der Waals surface area contributed by atoms with E-state index in [9.17, 15) is 4.39 Å². The molecule has 0 amide bonds. The molecule has 1 atom stereocenters. The van der Waals surface area contributed by atoms with Crippen molar-refractivity contribution in [1.82, 2.24) is 0 Å². The van der Waals surface area contributed by atoms with E-state index in [0.717, 1.165) is 16.8 Å². The van der Waals surface area contributed by atoms with Crippen molar-refractivity contribution in [3.63, 3.8) is 0 Å². The van der Waals surface area contributed by atoms with Gasteiger partial charge in [0.05, 0.1) is 17.4 Å². The molecular formula is C21H15Cl2FN2. The van der Waals surface area contributed by atoms with Crippen molar-refractivity contribution in [2.24, 2.45) is 5.10 Å². The van der Waals surface area contributed by atoms with Gasteiger partial charge < -0.3 is 0 Å². The topological polar surface area (TPSA) is 15.6 Å². The van der Waals surface area contributed by atoms with Gasteiger partial charge >= 0.3 is 0 Å². The van der Waals surface area contributed by atoms with Gasteiger partial charge in [0, 0.05) is 22.0 Å². The maximum atomic E-state index is 14.4. The van der Waals surface area contributed by atoms with E-state index in [1.807, 2.05) is 48.5 Å². The molecule has 1 heterocycles. The van der Waals surface area contributed by atoms with Gasteiger partial charge in [-0.3, -0.25) is 5.01 Å². The molecule has 3 aromatic rings. The van der Waals surface area contributed by atoms with Crippen molar-refractivity contribution in [1.29, 1.82) is 0 Å². The van der Waals surface area contributed by atoms with Gasteiger partial charge in [0.25, 0.3) is 0 Å². The van der Waals surface area contributed by atoms with Crippen molar-refractivity contribution >= 4 is 34.6 Å². The molecule has 0 saturated heterocycles. The van der Waals surface area contributed by atoms with Gasteiger partial charge in [-0.1, -0.05) is 65.7 Å². The van der Waals surface area contributed by atoms with Crippen molar-refractivity contribution < 1.29 is 4.39 Å². The molecule has 0 bridgehead atoms. The average Bonchev–Trinajstić information content (AvgIpc) is 3.08. The van der Waals surface area contributed by atoms with E-state index in [1.165, 1.54) is 6.07 Å². The van der Waals surface area contributed by atoms with Crippen LogP contribution in [-0.4, -0.2) is 5.71 Å². The maximum Gasteiger partial charge on any atom is 0.148 e. The first kappa shape index (κ1) is 17.1. The monoisotopic (exact) mass is 384 g/mol. The minimum Gasteiger partial charge on any atom is -0.254 e. The Morgan fingerprint density at radius 3 is 2.31 bits per heavy atom. The predicted molar refractivity (Wildman–Crippen MR) is 106 cm³/mol. The Balaban J connectivity index is 1.80. The van der Waals surface area contributed by atoms with Crippen LogP contribution < -0.4 is 5.01 Å². The molecule has 0 aliphatic carbocycles. The Hall–Kier alpha value is -2.36. The van der Waals surface area contributed by atoms with E-state index < -0.39 is 0 Å². The number of rotatable bonds is 3. The normalized spacial score (nSPS) is 16.7. The second-order valence-electron chi connectivity index (χ2n) is 6.09. The van der Waals surface area contributed by atoms with Crippen molar-refractivity contribution in [2.45, 2.75) is 12.5 Å². The summed E-state index contributed by atoms with van der Waals surface area (Å²) in [5.74, 6) is -0.310. The van der Waals surface area contributed by atoms with Crippen LogP contribution in [0.3, 0.4) is 0 Å². The number of benzene rings is 3. The fourth-order valence-corrected chi connectivity index (χ4v) is 3.54. The first-order chi connectivity index (χ1) is 12.6. The lowest BCUT2D eigenvalue weighted by atomic mass is 9.98. The van der Waals surface area contributed by atoms with E-state index in [1.54, 1.807) is 23.2 Å². The quantitative estimate of drug-likeness (QED) is 0.503. The molecule has 130 valence electrons. The van der Waals surface area contributed by atoms with E-state index >= 15 is 0 Å². The van der Waals surface area contributed by atoms with Crippen LogP contribution in [0.1, 0.15) is 23.6 Å². The molecule has 1 aliphatic rings. The first-order valence-corrected chi connectivity index (χ1v) is 9.00. The molecule has 1 aliphatic heterocycles. The fourth-order valence-electron chi connectivity index (χ4n) is 3.17. The number of halogens is 3. The average molecular weight is 385 g/mol. The molecule has 0 spiro atoms. The third-order valence-electron chi connectivity index (χ3n) is 4.45. The Bertz CT molecular complexity index is 970. The van der Waals surface area contributed by atoms with Gasteiger partial charge in [-0.25, -0.2) is 4.39 Å². The molecule has 0 saturated carbocycles. The summed E-state index contributed by atoms with van der Waals surface area (Å²) in [5.41, 5.74) is 3.16. The van der Waals surface area contributed by atoms with Gasteiger partial charge in [0.15, 0.2) is 0 Å². The molecule has 2 nitrogen and oxygen atoms in total. The zero-order valence-electron chi connectivity index (χ0n) is 13.7. The Morgan fingerprint density at radius 1 is 0.885 bits per heavy atom. The van der Waals surface area contributed by atoms with Gasteiger partial charge in [-0.2, -0.15) is 5.10 Å². The second kappa shape index (κ2) is 7.10. The van der Waals surface area contributed by atoms with Crippen LogP contribution >= 0.6 is 23.2 Å². The van der Waals surface area contributed by atoms with E-state index in [4.69, 9.17) is 28.3 Å². The van der Waals surface area contributed by atoms with Crippen LogP contribution in [0.25, 0.3) is 0 Å². The Morgan fingerprint density at radius 2 is 1.58 bits per heavy atom. The van der Waals surface area contributed by atoms with E-state index in [-0.39, 0.29) is 11.9 Å². The number of nitrogens with zero attached hydrogens (tertiary/aromatic N) is 2. The summed E-state index contributed by atoms with van der Waals surface area (Å²) in [5, 5.41) is 7.76. The highest BCUT2D eigenvalue weighted by Gasteiger charge is 2.31. The third kappa shape index (κ3) is 3.20. The van der Waals surface area contributed by atoms with Crippen molar-refractivity contribution in [3.05, 3.63) is 99.8 Å². The van der Waals surface area contributed by atoms with Gasteiger partial charge in [0.1, 0.15) is 5.82 Å². The zero-order chi connectivity index (χ0) is 18.1. The molecule has 0 N–H and O–H groups in total. The summed E-state index contributed by atoms with van der Waals surface area (Å²) in [6, 6.07) is 21.7. The number of anilines is 1. The van der Waals surface area contributed by atoms with Crippen LogP contribution in [0.5, 0.6) is 0 Å². The summed E-state index contributed by atoms with van der Waals surface area (Å²) in [4.78, 5) is 0. The predicted octanol–water partition coefficient (Wildman–Crippen LogP) is 6.49. The van der Waals surface area contributed by atoms with Crippen LogP contribution in [0, 0.1) is 5.82 Å². The van der Waals surface area contributed by atoms with E-state index in [0.29, 0.717) is 22.2 Å². The number of para-hydroxylation sites is 1. The molecule has 5 heteroatoms. The van der Waals surface area contributed by atoms with Crippen LogP contribution in [0.15, 0.2) is 77.9 Å². The molecular weight excluding hydrogens is 370 g/mol. The highest BCUT2D eigenvalue weighted by Crippen LogP contribution is 2.38. The van der Waals surface area contributed by atoms with E-state index in [2.05, 4.69) is 0 Å². The highest BCUT2D eigenvalue weighted by atomic mass is 35.5. The minimum atomic E-state index is -0.310. The number of hydrogen-bond donors (Lipinski definition) is 0. The molecule has 0 aromatic heterocycles. The first-order valence-electron chi connectivity index (χ1n) is 8.25. The number of hydrazone groups is 1. The summed E-state index contributed by atoms with van der Waals surface area (Å²) in [7, 11) is 0. The van der Waals surface area contributed by atoms with Crippen molar-refractivity contribution in [3.8, 4) is 0 Å². The smallest absolute Gasteiger partial charge is 0.148 e. The maximum absolute atomic E-state index is 14.4. The summed E-state index contributed by atoms with van der Waals surface area (Å²) >= 11 is 12.4. The molecule has 0 unspecified atom stereocenters. The SMILES string of the molecule is Fc1ccccc1N1N=C(c2ccccc2Cl)C[C@H]1c1ccc(Cl)cc1. The van der Waals surface area contributed by atoms with Crippen LogP contribution in [0.2, 0.25) is 10.0 Å². The third-order valence-corrected chi connectivity index (χ3v) is 5.03. The number of hydrogen-bond acceptors (Lipinski definition) is 2. The zero-order valence-corrected chi connectivity index (χ0v) is 15.3. The Kier molecular flexibility index (Phi) is 4.66. The summed E-state index contributed by atoms with van der Waals surface area (Å²) in [6.45, 7) is 0. The van der Waals surface area contributed by atoms with Gasteiger partial charge in [0.2, 0.25) is 0 Å². The lowest BCUT2D eigenvalue weighted by Gasteiger charge is -2.24. The van der Waals surface area contributed by atoms with Crippen molar-refractivity contribution in [2.75, 3.05) is 5.01 Å². The molecule has 4 rings (SSSR count). The summed E-state index contributed by atoms with van der Waals surface area (Å²) < 4.78 is 14.4. The summed E-state index contributed by atoms with van der Waals surface area (Å²) in [6.07, 6.45) is 0.625. The molecule has 3 aromatic carbocycles.